The summed E-state index contributed by atoms with van der Waals surface area (Å²) in [5.74, 6) is 1.80. The van der Waals surface area contributed by atoms with E-state index in [2.05, 4.69) is 14.9 Å². The number of hydrogen-bond acceptors (Lipinski definition) is 4. The zero-order valence-electron chi connectivity index (χ0n) is 13.0. The molecule has 23 heavy (non-hydrogen) atoms. The fourth-order valence-electron chi connectivity index (χ4n) is 3.90. The van der Waals surface area contributed by atoms with Crippen LogP contribution < -0.4 is 9.64 Å². The van der Waals surface area contributed by atoms with Crippen LogP contribution in [0.15, 0.2) is 36.8 Å². The van der Waals surface area contributed by atoms with Gasteiger partial charge in [0.05, 0.1) is 6.20 Å². The number of anilines is 1. The van der Waals surface area contributed by atoms with Crippen LogP contribution in [0.4, 0.5) is 10.2 Å². The van der Waals surface area contributed by atoms with Gasteiger partial charge in [0.15, 0.2) is 11.6 Å². The molecule has 2 aliphatic rings. The molecule has 1 aromatic carbocycles. The third kappa shape index (κ3) is 2.87. The maximum atomic E-state index is 13.0. The van der Waals surface area contributed by atoms with Crippen LogP contribution in [0.3, 0.4) is 0 Å². The fraction of sp³-hybridized carbons (Fsp3) is 0.444. The van der Waals surface area contributed by atoms with Crippen LogP contribution in [0, 0.1) is 11.2 Å². The van der Waals surface area contributed by atoms with Crippen LogP contribution in [0.25, 0.3) is 0 Å². The summed E-state index contributed by atoms with van der Waals surface area (Å²) in [6.45, 7) is 2.06. The molecule has 4 nitrogen and oxygen atoms in total. The minimum absolute atomic E-state index is 0.274. The minimum atomic E-state index is -0.274. The van der Waals surface area contributed by atoms with E-state index in [-0.39, 0.29) is 5.82 Å². The number of nitrogens with zero attached hydrogens (tertiary/aromatic N) is 3. The van der Waals surface area contributed by atoms with E-state index in [4.69, 9.17) is 4.74 Å². The molecule has 1 aliphatic carbocycles. The van der Waals surface area contributed by atoms with Gasteiger partial charge in [-0.05, 0) is 48.9 Å². The topological polar surface area (TPSA) is 38.3 Å². The van der Waals surface area contributed by atoms with Crippen LogP contribution in [-0.2, 0) is 0 Å². The average molecular weight is 313 g/mol. The van der Waals surface area contributed by atoms with Crippen LogP contribution in [0.2, 0.25) is 0 Å². The molecule has 1 spiro atoms. The molecule has 2 heterocycles. The Morgan fingerprint density at radius 1 is 1.09 bits per heavy atom. The first-order valence-electron chi connectivity index (χ1n) is 8.23. The predicted molar refractivity (Wildman–Crippen MR) is 86.2 cm³/mol. The Morgan fingerprint density at radius 3 is 2.65 bits per heavy atom. The van der Waals surface area contributed by atoms with Crippen molar-refractivity contribution in [1.82, 2.24) is 9.97 Å². The molecular formula is C18H20FN3O. The van der Waals surface area contributed by atoms with Crippen molar-refractivity contribution in [2.45, 2.75) is 32.1 Å². The molecular weight excluding hydrogens is 293 g/mol. The largest absolute Gasteiger partial charge is 0.452 e. The molecule has 5 heteroatoms. The van der Waals surface area contributed by atoms with Gasteiger partial charge in [-0.1, -0.05) is 12.8 Å². The number of ether oxygens (including phenoxy) is 1. The van der Waals surface area contributed by atoms with E-state index < -0.39 is 0 Å². The molecule has 1 aliphatic heterocycles. The van der Waals surface area contributed by atoms with Crippen molar-refractivity contribution in [2.24, 2.45) is 5.41 Å². The molecule has 0 bridgehead atoms. The maximum Gasteiger partial charge on any atom is 0.188 e. The predicted octanol–water partition coefficient (Wildman–Crippen LogP) is 4.18. The van der Waals surface area contributed by atoms with Gasteiger partial charge in [0.25, 0.3) is 0 Å². The number of aromatic nitrogens is 2. The van der Waals surface area contributed by atoms with E-state index in [1.807, 2.05) is 0 Å². The first kappa shape index (κ1) is 14.4. The molecule has 0 N–H and O–H groups in total. The second kappa shape index (κ2) is 5.80. The molecule has 0 amide bonds. The van der Waals surface area contributed by atoms with Gasteiger partial charge in [0.1, 0.15) is 17.9 Å². The highest BCUT2D eigenvalue weighted by Crippen LogP contribution is 2.47. The van der Waals surface area contributed by atoms with E-state index in [0.29, 0.717) is 16.9 Å². The van der Waals surface area contributed by atoms with Crippen molar-refractivity contribution in [3.8, 4) is 11.5 Å². The monoisotopic (exact) mass is 313 g/mol. The molecule has 0 radical (unpaired) electrons. The fourth-order valence-corrected chi connectivity index (χ4v) is 3.90. The lowest BCUT2D eigenvalue weighted by Crippen LogP contribution is -2.25. The highest BCUT2D eigenvalue weighted by atomic mass is 19.1. The summed E-state index contributed by atoms with van der Waals surface area (Å²) in [7, 11) is 0. The molecule has 1 saturated carbocycles. The first-order chi connectivity index (χ1) is 11.2. The van der Waals surface area contributed by atoms with Gasteiger partial charge >= 0.3 is 0 Å². The van der Waals surface area contributed by atoms with Crippen LogP contribution in [-0.4, -0.2) is 23.1 Å². The Balaban J connectivity index is 1.56. The third-order valence-electron chi connectivity index (χ3n) is 5.10. The Labute approximate surface area is 135 Å². The molecule has 2 aromatic rings. The Bertz CT molecular complexity index is 683. The van der Waals surface area contributed by atoms with Crippen molar-refractivity contribution in [2.75, 3.05) is 18.0 Å². The van der Waals surface area contributed by atoms with Crippen molar-refractivity contribution in [3.05, 3.63) is 42.6 Å². The van der Waals surface area contributed by atoms with Gasteiger partial charge in [-0.15, -0.1) is 0 Å². The van der Waals surface area contributed by atoms with Crippen molar-refractivity contribution in [3.63, 3.8) is 0 Å². The van der Waals surface area contributed by atoms with Gasteiger partial charge in [-0.25, -0.2) is 14.4 Å². The first-order valence-corrected chi connectivity index (χ1v) is 8.23. The summed E-state index contributed by atoms with van der Waals surface area (Å²) in [5, 5.41) is 0. The van der Waals surface area contributed by atoms with Gasteiger partial charge < -0.3 is 9.64 Å². The van der Waals surface area contributed by atoms with Gasteiger partial charge in [-0.2, -0.15) is 0 Å². The van der Waals surface area contributed by atoms with Crippen molar-refractivity contribution < 1.29 is 9.13 Å². The molecule has 0 atom stereocenters. The van der Waals surface area contributed by atoms with Crippen LogP contribution >= 0.6 is 0 Å². The van der Waals surface area contributed by atoms with Gasteiger partial charge in [-0.3, -0.25) is 0 Å². The SMILES string of the molecule is Fc1ccc(Oc2cncnc2N2CCC3(CCCC3)C2)cc1. The standard InChI is InChI=1S/C18H20FN3O/c19-14-3-5-15(6-4-14)23-16-11-20-13-21-17(16)22-10-9-18(12-22)7-1-2-8-18/h3-6,11,13H,1-2,7-10,12H2. The number of halogens is 1. The smallest absolute Gasteiger partial charge is 0.188 e. The second-order valence-electron chi connectivity index (χ2n) is 6.65. The highest BCUT2D eigenvalue weighted by molar-refractivity contribution is 5.53. The zero-order valence-corrected chi connectivity index (χ0v) is 13.0. The second-order valence-corrected chi connectivity index (χ2v) is 6.65. The van der Waals surface area contributed by atoms with Gasteiger partial charge in [0, 0.05) is 13.1 Å². The lowest BCUT2D eigenvalue weighted by molar-refractivity contribution is 0.340. The van der Waals surface area contributed by atoms with E-state index in [0.717, 1.165) is 18.9 Å². The van der Waals surface area contributed by atoms with Crippen molar-refractivity contribution >= 4 is 5.82 Å². The number of benzene rings is 1. The summed E-state index contributed by atoms with van der Waals surface area (Å²) in [4.78, 5) is 10.8. The molecule has 1 aromatic heterocycles. The van der Waals surface area contributed by atoms with Crippen LogP contribution in [0.5, 0.6) is 11.5 Å². The summed E-state index contributed by atoms with van der Waals surface area (Å²) < 4.78 is 18.9. The molecule has 4 rings (SSSR count). The lowest BCUT2D eigenvalue weighted by Gasteiger charge is -2.24. The summed E-state index contributed by atoms with van der Waals surface area (Å²) >= 11 is 0. The maximum absolute atomic E-state index is 13.0. The summed E-state index contributed by atoms with van der Waals surface area (Å²) in [6.07, 6.45) is 9.81. The number of hydrogen-bond donors (Lipinski definition) is 0. The zero-order chi connectivity index (χ0) is 15.7. The van der Waals surface area contributed by atoms with Crippen molar-refractivity contribution in [1.29, 1.82) is 0 Å². The summed E-state index contributed by atoms with van der Waals surface area (Å²) in [6, 6.07) is 6.02. The Morgan fingerprint density at radius 2 is 1.87 bits per heavy atom. The van der Waals surface area contributed by atoms with Gasteiger partial charge in [0.2, 0.25) is 0 Å². The van der Waals surface area contributed by atoms with E-state index in [1.165, 1.54) is 44.2 Å². The molecule has 2 fully saturated rings. The highest BCUT2D eigenvalue weighted by Gasteiger charge is 2.41. The normalized spacial score (nSPS) is 19.4. The molecule has 120 valence electrons. The Kier molecular flexibility index (Phi) is 3.63. The minimum Gasteiger partial charge on any atom is -0.452 e. The van der Waals surface area contributed by atoms with Crippen LogP contribution in [0.1, 0.15) is 32.1 Å². The molecule has 1 saturated heterocycles. The lowest BCUT2D eigenvalue weighted by atomic mass is 9.86. The third-order valence-corrected chi connectivity index (χ3v) is 5.10. The quantitative estimate of drug-likeness (QED) is 0.852. The van der Waals surface area contributed by atoms with E-state index >= 15 is 0 Å². The van der Waals surface area contributed by atoms with E-state index in [9.17, 15) is 4.39 Å². The Hall–Kier alpha value is -2.17. The summed E-state index contributed by atoms with van der Waals surface area (Å²) in [5.41, 5.74) is 0.470. The number of rotatable bonds is 3. The molecule has 0 unspecified atom stereocenters. The average Bonchev–Trinajstić information content (AvgIpc) is 3.21. The van der Waals surface area contributed by atoms with E-state index in [1.54, 1.807) is 24.7 Å².